The molecule has 0 bridgehead atoms. The summed E-state index contributed by atoms with van der Waals surface area (Å²) in [4.78, 5) is 27.3. The van der Waals surface area contributed by atoms with E-state index in [1.165, 1.54) is 4.90 Å². The Morgan fingerprint density at radius 1 is 1.13 bits per heavy atom. The highest BCUT2D eigenvalue weighted by Crippen LogP contribution is 2.43. The molecule has 0 unspecified atom stereocenters. The van der Waals surface area contributed by atoms with Crippen LogP contribution in [-0.2, 0) is 14.3 Å². The summed E-state index contributed by atoms with van der Waals surface area (Å²) in [5.74, 6) is -1.10. The van der Waals surface area contributed by atoms with Crippen LogP contribution in [0, 0.1) is 6.92 Å². The van der Waals surface area contributed by atoms with Gasteiger partial charge in [-0.15, -0.1) is 0 Å². The summed E-state index contributed by atoms with van der Waals surface area (Å²) in [6.07, 6.45) is 0.521. The summed E-state index contributed by atoms with van der Waals surface area (Å²) in [6.45, 7) is 2.47. The zero-order valence-corrected chi connectivity index (χ0v) is 19.0. The lowest BCUT2D eigenvalue weighted by Crippen LogP contribution is -2.31. The fourth-order valence-electron chi connectivity index (χ4n) is 3.71. The first-order valence-corrected chi connectivity index (χ1v) is 10.4. The molecule has 2 aromatic rings. The Bertz CT molecular complexity index is 1050. The zero-order chi connectivity index (χ0) is 22.7. The predicted octanol–water partition coefficient (Wildman–Crippen LogP) is 4.77. The minimum Gasteiger partial charge on any atom is -0.507 e. The standard InChI is InChI=1S/C23H23Cl2NO5/c1-13-11-15(31-3)6-8-16(13)21(27)19-20(17-7-5-14(24)12-18(17)25)26(9-4-10-30-2)23(29)22(19)28/h5-8,11-12,20,27H,4,9-10H2,1-3H3/t20-/m0/s1. The molecule has 0 aromatic heterocycles. The number of aliphatic hydroxyl groups is 1. The lowest BCUT2D eigenvalue weighted by molar-refractivity contribution is -0.140. The predicted molar refractivity (Wildman–Crippen MR) is 120 cm³/mol. The fourth-order valence-corrected chi connectivity index (χ4v) is 4.22. The second kappa shape index (κ2) is 9.73. The molecular weight excluding hydrogens is 441 g/mol. The number of benzene rings is 2. The first kappa shape index (κ1) is 23.1. The van der Waals surface area contributed by atoms with Gasteiger partial charge in [0.2, 0.25) is 0 Å². The Balaban J connectivity index is 2.18. The highest BCUT2D eigenvalue weighted by Gasteiger charge is 2.46. The van der Waals surface area contributed by atoms with Gasteiger partial charge in [-0.2, -0.15) is 0 Å². The number of methoxy groups -OCH3 is 2. The summed E-state index contributed by atoms with van der Waals surface area (Å²) in [7, 11) is 3.11. The van der Waals surface area contributed by atoms with Crippen molar-refractivity contribution in [3.63, 3.8) is 0 Å². The second-order valence-corrected chi connectivity index (χ2v) is 8.03. The van der Waals surface area contributed by atoms with E-state index in [4.69, 9.17) is 32.7 Å². The molecule has 0 spiro atoms. The Labute approximate surface area is 191 Å². The van der Waals surface area contributed by atoms with Crippen LogP contribution in [0.15, 0.2) is 42.0 Å². The number of nitrogens with zero attached hydrogens (tertiary/aromatic N) is 1. The molecule has 1 aliphatic rings. The van der Waals surface area contributed by atoms with Gasteiger partial charge in [0.05, 0.1) is 18.7 Å². The molecule has 1 atom stereocenters. The quantitative estimate of drug-likeness (QED) is 0.277. The monoisotopic (exact) mass is 463 g/mol. The summed E-state index contributed by atoms with van der Waals surface area (Å²) in [6, 6.07) is 9.09. The van der Waals surface area contributed by atoms with Crippen LogP contribution in [0.25, 0.3) is 5.76 Å². The van der Waals surface area contributed by atoms with Gasteiger partial charge in [0.15, 0.2) is 0 Å². The van der Waals surface area contributed by atoms with Gasteiger partial charge in [0, 0.05) is 35.9 Å². The highest BCUT2D eigenvalue weighted by atomic mass is 35.5. The van der Waals surface area contributed by atoms with Crippen molar-refractivity contribution in [1.29, 1.82) is 0 Å². The first-order valence-electron chi connectivity index (χ1n) is 9.67. The van der Waals surface area contributed by atoms with Crippen LogP contribution in [0.3, 0.4) is 0 Å². The van der Waals surface area contributed by atoms with Crippen LogP contribution >= 0.6 is 23.2 Å². The van der Waals surface area contributed by atoms with Gasteiger partial charge in [-0.1, -0.05) is 29.3 Å². The number of aryl methyl sites for hydroxylation is 1. The number of likely N-dealkylation sites (tertiary alicyclic amines) is 1. The average Bonchev–Trinajstić information content (AvgIpc) is 2.98. The third kappa shape index (κ3) is 4.56. The number of rotatable bonds is 7. The van der Waals surface area contributed by atoms with Gasteiger partial charge in [0.1, 0.15) is 11.5 Å². The number of ketones is 1. The van der Waals surface area contributed by atoms with E-state index >= 15 is 0 Å². The molecule has 0 saturated carbocycles. The Morgan fingerprint density at radius 2 is 1.87 bits per heavy atom. The highest BCUT2D eigenvalue weighted by molar-refractivity contribution is 6.47. The van der Waals surface area contributed by atoms with Crippen LogP contribution in [0.5, 0.6) is 5.75 Å². The summed E-state index contributed by atoms with van der Waals surface area (Å²) >= 11 is 12.5. The first-order chi connectivity index (χ1) is 14.8. The Hall–Kier alpha value is -2.54. The van der Waals surface area contributed by atoms with E-state index in [0.717, 1.165) is 0 Å². The van der Waals surface area contributed by atoms with Gasteiger partial charge < -0.3 is 19.5 Å². The van der Waals surface area contributed by atoms with Crippen LogP contribution < -0.4 is 4.74 Å². The number of ether oxygens (including phenoxy) is 2. The van der Waals surface area contributed by atoms with Gasteiger partial charge in [-0.3, -0.25) is 9.59 Å². The van der Waals surface area contributed by atoms with Crippen LogP contribution in [0.2, 0.25) is 10.0 Å². The number of hydrogen-bond acceptors (Lipinski definition) is 5. The Morgan fingerprint density at radius 3 is 2.48 bits per heavy atom. The number of carbonyl (C=O) groups is 2. The van der Waals surface area contributed by atoms with Crippen molar-refractivity contribution in [2.45, 2.75) is 19.4 Å². The molecule has 1 amide bonds. The summed E-state index contributed by atoms with van der Waals surface area (Å²) < 4.78 is 10.3. The molecule has 164 valence electrons. The third-order valence-corrected chi connectivity index (χ3v) is 5.80. The topological polar surface area (TPSA) is 76.1 Å². The maximum atomic E-state index is 13.0. The molecule has 31 heavy (non-hydrogen) atoms. The minimum absolute atomic E-state index is 0.0140. The third-order valence-electron chi connectivity index (χ3n) is 5.23. The molecule has 1 fully saturated rings. The van der Waals surface area contributed by atoms with Crippen LogP contribution in [0.4, 0.5) is 0 Å². The van der Waals surface area contributed by atoms with Crippen molar-refractivity contribution in [2.24, 2.45) is 0 Å². The number of carbonyl (C=O) groups excluding carboxylic acids is 2. The van der Waals surface area contributed by atoms with Crippen molar-refractivity contribution < 1.29 is 24.2 Å². The molecule has 0 aliphatic carbocycles. The fraction of sp³-hybridized carbons (Fsp3) is 0.304. The van der Waals surface area contributed by atoms with E-state index in [2.05, 4.69) is 0 Å². The van der Waals surface area contributed by atoms with E-state index in [9.17, 15) is 14.7 Å². The molecule has 6 nitrogen and oxygen atoms in total. The van der Waals surface area contributed by atoms with Crippen molar-refractivity contribution >= 4 is 40.7 Å². The number of halogens is 2. The van der Waals surface area contributed by atoms with Gasteiger partial charge in [-0.05, 0) is 54.8 Å². The molecule has 1 saturated heterocycles. The van der Waals surface area contributed by atoms with E-state index < -0.39 is 17.7 Å². The maximum absolute atomic E-state index is 13.0. The normalized spacial score (nSPS) is 18.0. The lowest BCUT2D eigenvalue weighted by atomic mass is 9.93. The average molecular weight is 464 g/mol. The van der Waals surface area contributed by atoms with E-state index in [1.807, 2.05) is 0 Å². The van der Waals surface area contributed by atoms with Crippen LogP contribution in [0.1, 0.15) is 29.2 Å². The minimum atomic E-state index is -0.844. The molecular formula is C23H23Cl2NO5. The SMILES string of the molecule is COCCCN1C(=O)C(=O)C(=C(O)c2ccc(OC)cc2C)[C@@H]1c1ccc(Cl)cc1Cl. The van der Waals surface area contributed by atoms with Gasteiger partial charge in [-0.25, -0.2) is 0 Å². The lowest BCUT2D eigenvalue weighted by Gasteiger charge is -2.26. The van der Waals surface area contributed by atoms with Gasteiger partial charge in [0.25, 0.3) is 11.7 Å². The smallest absolute Gasteiger partial charge is 0.295 e. The van der Waals surface area contributed by atoms with Crippen molar-refractivity contribution in [2.75, 3.05) is 27.4 Å². The van der Waals surface area contributed by atoms with E-state index in [-0.39, 0.29) is 17.9 Å². The number of amides is 1. The Kier molecular flexibility index (Phi) is 7.26. The molecule has 1 N–H and O–H groups in total. The van der Waals surface area contributed by atoms with E-state index in [0.29, 0.717) is 45.5 Å². The molecule has 3 rings (SSSR count). The summed E-state index contributed by atoms with van der Waals surface area (Å²) in [5.41, 5.74) is 1.63. The maximum Gasteiger partial charge on any atom is 0.295 e. The number of hydrogen-bond donors (Lipinski definition) is 1. The van der Waals surface area contributed by atoms with E-state index in [1.54, 1.807) is 57.5 Å². The zero-order valence-electron chi connectivity index (χ0n) is 17.4. The largest absolute Gasteiger partial charge is 0.507 e. The van der Waals surface area contributed by atoms with Crippen molar-refractivity contribution in [3.8, 4) is 5.75 Å². The molecule has 1 aliphatic heterocycles. The second-order valence-electron chi connectivity index (χ2n) is 7.19. The molecule has 1 heterocycles. The van der Waals surface area contributed by atoms with Gasteiger partial charge >= 0.3 is 0 Å². The molecule has 8 heteroatoms. The number of Topliss-reactive ketones (excluding diaryl/α,β-unsaturated/α-hetero) is 1. The van der Waals surface area contributed by atoms with Crippen LogP contribution in [-0.4, -0.2) is 49.1 Å². The van der Waals surface area contributed by atoms with Crippen molar-refractivity contribution in [3.05, 3.63) is 68.7 Å². The molecule has 0 radical (unpaired) electrons. The summed E-state index contributed by atoms with van der Waals surface area (Å²) in [5, 5.41) is 11.9. The number of aliphatic hydroxyl groups excluding tert-OH is 1. The van der Waals surface area contributed by atoms with Crippen molar-refractivity contribution in [1.82, 2.24) is 4.90 Å². The molecule has 2 aromatic carbocycles.